The van der Waals surface area contributed by atoms with Crippen LogP contribution in [0.25, 0.3) is 0 Å². The van der Waals surface area contributed by atoms with Crippen LogP contribution in [-0.2, 0) is 6.54 Å². The van der Waals surface area contributed by atoms with Gasteiger partial charge in [0.25, 0.3) is 0 Å². The Bertz CT molecular complexity index is 372. The van der Waals surface area contributed by atoms with Crippen LogP contribution in [0.2, 0.25) is 0 Å². The number of hydrogen-bond donors (Lipinski definition) is 2. The van der Waals surface area contributed by atoms with Crippen molar-refractivity contribution >= 4 is 5.97 Å². The van der Waals surface area contributed by atoms with Crippen LogP contribution in [-0.4, -0.2) is 17.1 Å². The summed E-state index contributed by atoms with van der Waals surface area (Å²) in [6, 6.07) is 3.81. The summed E-state index contributed by atoms with van der Waals surface area (Å²) in [6.45, 7) is 2.82. The molecular weight excluding hydrogens is 206 g/mol. The van der Waals surface area contributed by atoms with Crippen LogP contribution in [0.5, 0.6) is 0 Å². The first kappa shape index (κ1) is 11.2. The first-order valence-electron chi connectivity index (χ1n) is 5.76. The molecule has 88 valence electrons. The zero-order valence-electron chi connectivity index (χ0n) is 9.40. The van der Waals surface area contributed by atoms with E-state index in [9.17, 15) is 4.79 Å². The van der Waals surface area contributed by atoms with Crippen molar-refractivity contribution in [3.05, 3.63) is 23.7 Å². The Kier molecular flexibility index (Phi) is 3.29. The molecule has 1 aliphatic rings. The van der Waals surface area contributed by atoms with E-state index in [0.717, 1.165) is 5.92 Å². The molecule has 2 unspecified atom stereocenters. The minimum atomic E-state index is -1.01. The maximum absolute atomic E-state index is 10.6. The Morgan fingerprint density at radius 2 is 2.44 bits per heavy atom. The Labute approximate surface area is 94.6 Å². The van der Waals surface area contributed by atoms with Crippen molar-refractivity contribution < 1.29 is 14.3 Å². The summed E-state index contributed by atoms with van der Waals surface area (Å²) in [7, 11) is 0. The Hall–Kier alpha value is -1.29. The highest BCUT2D eigenvalue weighted by Crippen LogP contribution is 2.34. The van der Waals surface area contributed by atoms with Gasteiger partial charge in [0.05, 0.1) is 6.54 Å². The molecule has 0 aromatic carbocycles. The van der Waals surface area contributed by atoms with E-state index in [-0.39, 0.29) is 5.76 Å². The lowest BCUT2D eigenvalue weighted by Gasteiger charge is -2.00. The second-order valence-corrected chi connectivity index (χ2v) is 4.34. The summed E-state index contributed by atoms with van der Waals surface area (Å²) < 4.78 is 5.16. The molecule has 4 nitrogen and oxygen atoms in total. The van der Waals surface area contributed by atoms with Gasteiger partial charge in [-0.15, -0.1) is 0 Å². The van der Waals surface area contributed by atoms with E-state index in [1.807, 2.05) is 0 Å². The van der Waals surface area contributed by atoms with Gasteiger partial charge in [-0.3, -0.25) is 0 Å². The molecule has 0 amide bonds. The van der Waals surface area contributed by atoms with Crippen molar-refractivity contribution in [2.75, 3.05) is 0 Å². The lowest BCUT2D eigenvalue weighted by molar-refractivity contribution is 0.0660. The van der Waals surface area contributed by atoms with Crippen molar-refractivity contribution in [3.63, 3.8) is 0 Å². The van der Waals surface area contributed by atoms with Crippen molar-refractivity contribution in [1.82, 2.24) is 5.32 Å². The third kappa shape index (κ3) is 2.64. The fourth-order valence-corrected chi connectivity index (χ4v) is 2.01. The Morgan fingerprint density at radius 1 is 1.62 bits per heavy atom. The van der Waals surface area contributed by atoms with Crippen LogP contribution in [0.15, 0.2) is 16.5 Å². The largest absolute Gasteiger partial charge is 0.475 e. The van der Waals surface area contributed by atoms with Crippen LogP contribution in [0, 0.1) is 5.92 Å². The summed E-state index contributed by atoms with van der Waals surface area (Å²) in [5.74, 6) is 0.498. The van der Waals surface area contributed by atoms with Crippen molar-refractivity contribution in [2.24, 2.45) is 5.92 Å². The molecule has 2 atom stereocenters. The smallest absolute Gasteiger partial charge is 0.371 e. The van der Waals surface area contributed by atoms with Crippen LogP contribution in [0.4, 0.5) is 0 Å². The van der Waals surface area contributed by atoms with Gasteiger partial charge in [0.2, 0.25) is 5.76 Å². The number of carboxylic acids is 1. The molecule has 1 saturated carbocycles. The molecule has 2 N–H and O–H groups in total. The fourth-order valence-electron chi connectivity index (χ4n) is 2.01. The first-order valence-corrected chi connectivity index (χ1v) is 5.76. The number of rotatable bonds is 6. The highest BCUT2D eigenvalue weighted by Gasteiger charge is 2.35. The maximum Gasteiger partial charge on any atom is 0.371 e. The second-order valence-electron chi connectivity index (χ2n) is 4.34. The van der Waals surface area contributed by atoms with Gasteiger partial charge in [-0.05, 0) is 30.9 Å². The Balaban J connectivity index is 1.76. The minimum Gasteiger partial charge on any atom is -0.475 e. The molecule has 16 heavy (non-hydrogen) atoms. The van der Waals surface area contributed by atoms with E-state index in [1.54, 1.807) is 6.07 Å². The zero-order valence-corrected chi connectivity index (χ0v) is 9.40. The standard InChI is InChI=1S/C12H17NO3/c1-2-3-8-6-10(8)13-7-9-4-5-11(16-9)12(14)15/h4-5,8,10,13H,2-3,6-7H2,1H3,(H,14,15). The number of carboxylic acid groups (broad SMARTS) is 1. The number of carbonyl (C=O) groups is 1. The highest BCUT2D eigenvalue weighted by atomic mass is 16.4. The van der Waals surface area contributed by atoms with Crippen molar-refractivity contribution in [1.29, 1.82) is 0 Å². The average molecular weight is 223 g/mol. The maximum atomic E-state index is 10.6. The topological polar surface area (TPSA) is 62.5 Å². The fraction of sp³-hybridized carbons (Fsp3) is 0.583. The van der Waals surface area contributed by atoms with Gasteiger partial charge in [-0.25, -0.2) is 4.79 Å². The quantitative estimate of drug-likeness (QED) is 0.776. The molecule has 0 aliphatic heterocycles. The number of hydrogen-bond acceptors (Lipinski definition) is 3. The van der Waals surface area contributed by atoms with Crippen LogP contribution in [0.1, 0.15) is 42.5 Å². The van der Waals surface area contributed by atoms with E-state index in [1.165, 1.54) is 25.3 Å². The van der Waals surface area contributed by atoms with E-state index < -0.39 is 5.97 Å². The molecule has 1 heterocycles. The summed E-state index contributed by atoms with van der Waals surface area (Å²) >= 11 is 0. The summed E-state index contributed by atoms with van der Waals surface area (Å²) in [6.07, 6.45) is 3.74. The van der Waals surface area contributed by atoms with E-state index in [2.05, 4.69) is 12.2 Å². The minimum absolute atomic E-state index is 0.0118. The van der Waals surface area contributed by atoms with Crippen molar-refractivity contribution in [2.45, 2.75) is 38.8 Å². The van der Waals surface area contributed by atoms with Gasteiger partial charge >= 0.3 is 5.97 Å². The third-order valence-corrected chi connectivity index (χ3v) is 2.99. The molecule has 2 rings (SSSR count). The normalized spacial score (nSPS) is 23.3. The van der Waals surface area contributed by atoms with Gasteiger partial charge in [0.15, 0.2) is 0 Å². The molecule has 1 fully saturated rings. The SMILES string of the molecule is CCCC1CC1NCc1ccc(C(=O)O)o1. The van der Waals surface area contributed by atoms with Crippen LogP contribution < -0.4 is 5.32 Å². The van der Waals surface area contributed by atoms with E-state index in [0.29, 0.717) is 18.3 Å². The molecule has 0 saturated heterocycles. The molecule has 4 heteroatoms. The molecule has 0 radical (unpaired) electrons. The third-order valence-electron chi connectivity index (χ3n) is 2.99. The highest BCUT2D eigenvalue weighted by molar-refractivity contribution is 5.84. The van der Waals surface area contributed by atoms with Gasteiger partial charge in [-0.2, -0.15) is 0 Å². The van der Waals surface area contributed by atoms with Gasteiger partial charge in [0, 0.05) is 6.04 Å². The zero-order chi connectivity index (χ0) is 11.5. The lowest BCUT2D eigenvalue weighted by Crippen LogP contribution is -2.17. The van der Waals surface area contributed by atoms with E-state index >= 15 is 0 Å². The first-order chi connectivity index (χ1) is 7.70. The average Bonchev–Trinajstić information content (AvgIpc) is 2.80. The summed E-state index contributed by atoms with van der Waals surface area (Å²) in [4.78, 5) is 10.6. The number of nitrogens with one attached hydrogen (secondary N) is 1. The molecule has 1 aliphatic carbocycles. The van der Waals surface area contributed by atoms with Crippen LogP contribution in [0.3, 0.4) is 0 Å². The van der Waals surface area contributed by atoms with E-state index in [4.69, 9.17) is 9.52 Å². The van der Waals surface area contributed by atoms with Gasteiger partial charge in [-0.1, -0.05) is 13.3 Å². The monoisotopic (exact) mass is 223 g/mol. The van der Waals surface area contributed by atoms with Crippen molar-refractivity contribution in [3.8, 4) is 0 Å². The lowest BCUT2D eigenvalue weighted by atomic mass is 10.2. The molecular formula is C12H17NO3. The number of furan rings is 1. The predicted molar refractivity (Wildman–Crippen MR) is 59.3 cm³/mol. The van der Waals surface area contributed by atoms with Crippen LogP contribution >= 0.6 is 0 Å². The summed E-state index contributed by atoms with van der Waals surface area (Å²) in [5.41, 5.74) is 0. The summed E-state index contributed by atoms with van der Waals surface area (Å²) in [5, 5.41) is 12.1. The molecule has 1 aromatic rings. The molecule has 1 aromatic heterocycles. The van der Waals surface area contributed by atoms with Gasteiger partial charge in [0.1, 0.15) is 5.76 Å². The predicted octanol–water partition coefficient (Wildman–Crippen LogP) is 2.26. The second kappa shape index (κ2) is 4.70. The number of aromatic carboxylic acids is 1. The molecule has 0 bridgehead atoms. The van der Waals surface area contributed by atoms with Gasteiger partial charge < -0.3 is 14.8 Å². The Morgan fingerprint density at radius 3 is 3.06 bits per heavy atom. The molecule has 0 spiro atoms.